The number of esters is 1. The summed E-state index contributed by atoms with van der Waals surface area (Å²) in [6.45, 7) is 2.04. The number of nitrogens with zero attached hydrogens (tertiary/aromatic N) is 1. The predicted molar refractivity (Wildman–Crippen MR) is 92.5 cm³/mol. The highest BCUT2D eigenvalue weighted by Crippen LogP contribution is 2.18. The van der Waals surface area contributed by atoms with Crippen molar-refractivity contribution in [1.82, 2.24) is 0 Å². The zero-order chi connectivity index (χ0) is 17.4. The third kappa shape index (κ3) is 4.71. The third-order valence-corrected chi connectivity index (χ3v) is 3.36. The van der Waals surface area contributed by atoms with Gasteiger partial charge in [0.15, 0.2) is 0 Å². The molecule has 5 heteroatoms. The molecule has 0 heterocycles. The molecule has 0 amide bonds. The van der Waals surface area contributed by atoms with E-state index in [0.717, 1.165) is 11.1 Å². The lowest BCUT2D eigenvalue weighted by molar-refractivity contribution is -0.136. The van der Waals surface area contributed by atoms with Gasteiger partial charge in [-0.25, -0.2) is 4.79 Å². The van der Waals surface area contributed by atoms with Gasteiger partial charge in [0.1, 0.15) is 12.4 Å². The Kier molecular flexibility index (Phi) is 6.14. The van der Waals surface area contributed by atoms with Gasteiger partial charge in [-0.05, 0) is 30.7 Å². The average Bonchev–Trinajstić information content (AvgIpc) is 2.61. The highest BCUT2D eigenvalue weighted by molar-refractivity contribution is 5.94. The minimum absolute atomic E-state index is 0.0385. The minimum atomic E-state index is -0.455. The Labute approximate surface area is 140 Å². The number of hydrogen-bond acceptors (Lipinski definition) is 5. The predicted octanol–water partition coefficient (Wildman–Crippen LogP) is 3.44. The summed E-state index contributed by atoms with van der Waals surface area (Å²) < 4.78 is 10.5. The lowest BCUT2D eigenvalue weighted by Crippen LogP contribution is -2.13. The van der Waals surface area contributed by atoms with Crippen LogP contribution in [0.15, 0.2) is 59.3 Å². The molecule has 2 aromatic rings. The van der Waals surface area contributed by atoms with Crippen LogP contribution in [0, 0.1) is 6.92 Å². The van der Waals surface area contributed by atoms with Crippen LogP contribution in [0.25, 0.3) is 6.08 Å². The second kappa shape index (κ2) is 8.53. The van der Waals surface area contributed by atoms with Crippen molar-refractivity contribution in [1.29, 1.82) is 0 Å². The van der Waals surface area contributed by atoms with Gasteiger partial charge in [0.05, 0.1) is 18.9 Å². The molecule has 5 nitrogen and oxygen atoms in total. The van der Waals surface area contributed by atoms with E-state index in [2.05, 4.69) is 5.16 Å². The van der Waals surface area contributed by atoms with Crippen molar-refractivity contribution in [3.05, 3.63) is 70.8 Å². The van der Waals surface area contributed by atoms with Crippen molar-refractivity contribution in [3.63, 3.8) is 0 Å². The highest BCUT2D eigenvalue weighted by atomic mass is 16.5. The van der Waals surface area contributed by atoms with Gasteiger partial charge in [-0.1, -0.05) is 47.1 Å². The Bertz CT molecular complexity index is 748. The molecule has 0 bridgehead atoms. The van der Waals surface area contributed by atoms with Crippen LogP contribution in [0.3, 0.4) is 0 Å². The van der Waals surface area contributed by atoms with Crippen molar-refractivity contribution < 1.29 is 19.5 Å². The number of para-hydroxylation sites is 1. The topological polar surface area (TPSA) is 68.1 Å². The summed E-state index contributed by atoms with van der Waals surface area (Å²) in [7, 11) is 1.33. The first kappa shape index (κ1) is 17.3. The molecular weight excluding hydrogens is 306 g/mol. The number of carbonyl (C=O) groups is 1. The van der Waals surface area contributed by atoms with Crippen molar-refractivity contribution in [2.45, 2.75) is 6.92 Å². The molecule has 0 spiro atoms. The number of aryl methyl sites for hydroxylation is 1. The first-order valence-electron chi connectivity index (χ1n) is 7.39. The zero-order valence-electron chi connectivity index (χ0n) is 13.6. The van der Waals surface area contributed by atoms with E-state index in [4.69, 9.17) is 14.7 Å². The second-order valence-electron chi connectivity index (χ2n) is 5.14. The van der Waals surface area contributed by atoms with Crippen LogP contribution >= 0.6 is 0 Å². The normalized spacial score (nSPS) is 11.5. The minimum Gasteiger partial charge on any atom is -0.488 e. The van der Waals surface area contributed by atoms with E-state index in [-0.39, 0.29) is 6.61 Å². The summed E-state index contributed by atoms with van der Waals surface area (Å²) in [5.41, 5.74) is 3.02. The Balaban J connectivity index is 2.21. The van der Waals surface area contributed by atoms with Gasteiger partial charge in [0, 0.05) is 5.56 Å². The Hall–Kier alpha value is -3.08. The number of carbonyl (C=O) groups excluding carboxylic acids is 1. The van der Waals surface area contributed by atoms with E-state index < -0.39 is 5.97 Å². The molecule has 24 heavy (non-hydrogen) atoms. The fourth-order valence-electron chi connectivity index (χ4n) is 2.09. The maximum Gasteiger partial charge on any atom is 0.337 e. The molecule has 2 aromatic carbocycles. The molecule has 0 atom stereocenters. The maximum absolute atomic E-state index is 12.0. The number of oxime groups is 1. The van der Waals surface area contributed by atoms with Crippen molar-refractivity contribution in [3.8, 4) is 5.75 Å². The van der Waals surface area contributed by atoms with Crippen LogP contribution in [-0.4, -0.2) is 31.1 Å². The molecule has 0 unspecified atom stereocenters. The van der Waals surface area contributed by atoms with Crippen molar-refractivity contribution in [2.75, 3.05) is 13.7 Å². The SMILES string of the molecule is COC(=O)/C(=C/c1ccc(C)cc1)COc1ccccc1/C=N/O. The maximum atomic E-state index is 12.0. The summed E-state index contributed by atoms with van der Waals surface area (Å²) >= 11 is 0. The van der Waals surface area contributed by atoms with Crippen LogP contribution < -0.4 is 4.74 Å². The number of methoxy groups -OCH3 is 1. The summed E-state index contributed by atoms with van der Waals surface area (Å²) in [6.07, 6.45) is 3.00. The fourth-order valence-corrected chi connectivity index (χ4v) is 2.09. The van der Waals surface area contributed by atoms with Crippen LogP contribution in [-0.2, 0) is 9.53 Å². The standard InChI is InChI=1S/C19H19NO4/c1-14-7-9-15(10-8-14)11-17(19(21)23-2)13-24-18-6-4-3-5-16(18)12-20-22/h3-12,22H,13H2,1-2H3/b17-11+,20-12+. The monoisotopic (exact) mass is 325 g/mol. The van der Waals surface area contributed by atoms with E-state index in [1.165, 1.54) is 13.3 Å². The summed E-state index contributed by atoms with van der Waals surface area (Å²) in [4.78, 5) is 12.0. The van der Waals surface area contributed by atoms with Gasteiger partial charge < -0.3 is 14.7 Å². The molecule has 0 aliphatic carbocycles. The average molecular weight is 325 g/mol. The molecule has 124 valence electrons. The molecule has 0 aromatic heterocycles. The molecule has 2 rings (SSSR count). The molecule has 0 radical (unpaired) electrons. The largest absolute Gasteiger partial charge is 0.488 e. The van der Waals surface area contributed by atoms with Gasteiger partial charge in [0.25, 0.3) is 0 Å². The summed E-state index contributed by atoms with van der Waals surface area (Å²) in [5, 5.41) is 11.7. The Morgan fingerprint density at radius 3 is 2.54 bits per heavy atom. The smallest absolute Gasteiger partial charge is 0.337 e. The Morgan fingerprint density at radius 2 is 1.88 bits per heavy atom. The van der Waals surface area contributed by atoms with Gasteiger partial charge >= 0.3 is 5.97 Å². The number of rotatable bonds is 6. The van der Waals surface area contributed by atoms with E-state index in [1.54, 1.807) is 30.3 Å². The van der Waals surface area contributed by atoms with Crippen molar-refractivity contribution in [2.24, 2.45) is 5.16 Å². The first-order valence-corrected chi connectivity index (χ1v) is 7.39. The van der Waals surface area contributed by atoms with Gasteiger partial charge in [0.2, 0.25) is 0 Å². The number of ether oxygens (including phenoxy) is 2. The molecule has 1 N–H and O–H groups in total. The van der Waals surface area contributed by atoms with Gasteiger partial charge in [-0.2, -0.15) is 0 Å². The van der Waals surface area contributed by atoms with E-state index in [0.29, 0.717) is 16.9 Å². The quantitative estimate of drug-likeness (QED) is 0.290. The fraction of sp³-hybridized carbons (Fsp3) is 0.158. The molecule has 0 saturated heterocycles. The van der Waals surface area contributed by atoms with E-state index in [1.807, 2.05) is 31.2 Å². The Morgan fingerprint density at radius 1 is 1.17 bits per heavy atom. The first-order chi connectivity index (χ1) is 11.6. The van der Waals surface area contributed by atoms with E-state index >= 15 is 0 Å². The lowest BCUT2D eigenvalue weighted by Gasteiger charge is -2.10. The van der Waals surface area contributed by atoms with Crippen LogP contribution in [0.5, 0.6) is 5.75 Å². The van der Waals surface area contributed by atoms with Crippen molar-refractivity contribution >= 4 is 18.3 Å². The number of hydrogen-bond donors (Lipinski definition) is 1. The van der Waals surface area contributed by atoms with Crippen LogP contribution in [0.1, 0.15) is 16.7 Å². The summed E-state index contributed by atoms with van der Waals surface area (Å²) in [6, 6.07) is 14.9. The third-order valence-electron chi connectivity index (χ3n) is 3.36. The highest BCUT2D eigenvalue weighted by Gasteiger charge is 2.12. The molecule has 0 saturated carbocycles. The van der Waals surface area contributed by atoms with Gasteiger partial charge in [-0.15, -0.1) is 0 Å². The van der Waals surface area contributed by atoms with Gasteiger partial charge in [-0.3, -0.25) is 0 Å². The molecule has 0 aliphatic heterocycles. The van der Waals surface area contributed by atoms with Crippen LogP contribution in [0.4, 0.5) is 0 Å². The lowest BCUT2D eigenvalue weighted by atomic mass is 10.1. The second-order valence-corrected chi connectivity index (χ2v) is 5.14. The molecule has 0 fully saturated rings. The van der Waals surface area contributed by atoms with E-state index in [9.17, 15) is 4.79 Å². The van der Waals surface area contributed by atoms with Crippen LogP contribution in [0.2, 0.25) is 0 Å². The molecular formula is C19H19NO4. The number of benzene rings is 2. The molecule has 0 aliphatic rings. The summed E-state index contributed by atoms with van der Waals surface area (Å²) in [5.74, 6) is 0.0536. The zero-order valence-corrected chi connectivity index (χ0v) is 13.6.